The summed E-state index contributed by atoms with van der Waals surface area (Å²) in [4.78, 5) is 6.43. The molecular formula is C15H17ClN2. The summed E-state index contributed by atoms with van der Waals surface area (Å²) in [6.07, 6.45) is 3.66. The third kappa shape index (κ3) is 2.65. The van der Waals surface area contributed by atoms with Crippen LogP contribution < -0.4 is 4.90 Å². The van der Waals surface area contributed by atoms with Crippen LogP contribution in [0.25, 0.3) is 0 Å². The lowest BCUT2D eigenvalue weighted by atomic mass is 10.1. The van der Waals surface area contributed by atoms with Crippen molar-refractivity contribution in [3.8, 4) is 0 Å². The van der Waals surface area contributed by atoms with Gasteiger partial charge in [0.05, 0.1) is 11.9 Å². The summed E-state index contributed by atoms with van der Waals surface area (Å²) < 4.78 is 0. The Morgan fingerprint density at radius 2 is 1.89 bits per heavy atom. The van der Waals surface area contributed by atoms with Gasteiger partial charge in [-0.25, -0.2) is 0 Å². The fourth-order valence-corrected chi connectivity index (χ4v) is 2.21. The molecule has 2 nitrogen and oxygen atoms in total. The first-order chi connectivity index (χ1) is 8.76. The van der Waals surface area contributed by atoms with Crippen LogP contribution in [0.3, 0.4) is 0 Å². The van der Waals surface area contributed by atoms with Gasteiger partial charge < -0.3 is 4.90 Å². The Morgan fingerprint density at radius 1 is 1.17 bits per heavy atom. The molecule has 2 aromatic rings. The highest BCUT2D eigenvalue weighted by Gasteiger charge is 2.11. The lowest BCUT2D eigenvalue weighted by Crippen LogP contribution is -2.17. The highest BCUT2D eigenvalue weighted by atomic mass is 35.5. The third-order valence-corrected chi connectivity index (χ3v) is 3.27. The molecule has 94 valence electrons. The van der Waals surface area contributed by atoms with Crippen LogP contribution >= 0.6 is 11.6 Å². The van der Waals surface area contributed by atoms with Gasteiger partial charge in [0.2, 0.25) is 0 Å². The van der Waals surface area contributed by atoms with Crippen LogP contribution in [0.4, 0.5) is 11.4 Å². The predicted molar refractivity (Wildman–Crippen MR) is 77.7 cm³/mol. The molecule has 0 N–H and O–H groups in total. The first-order valence-corrected chi connectivity index (χ1v) is 6.62. The van der Waals surface area contributed by atoms with Gasteiger partial charge in [-0.15, -0.1) is 11.6 Å². The van der Waals surface area contributed by atoms with E-state index in [0.717, 1.165) is 17.8 Å². The van der Waals surface area contributed by atoms with Gasteiger partial charge in [0, 0.05) is 24.3 Å². The molecule has 3 heteroatoms. The molecule has 1 aromatic carbocycles. The molecule has 18 heavy (non-hydrogen) atoms. The molecular weight excluding hydrogens is 244 g/mol. The van der Waals surface area contributed by atoms with Crippen LogP contribution in [0.1, 0.15) is 18.1 Å². The van der Waals surface area contributed by atoms with Crippen molar-refractivity contribution < 1.29 is 0 Å². The van der Waals surface area contributed by atoms with Gasteiger partial charge in [-0.1, -0.05) is 17.7 Å². The lowest BCUT2D eigenvalue weighted by molar-refractivity contribution is 1.00. The van der Waals surface area contributed by atoms with Crippen molar-refractivity contribution >= 4 is 23.0 Å². The van der Waals surface area contributed by atoms with E-state index in [2.05, 4.69) is 48.0 Å². The highest BCUT2D eigenvalue weighted by Crippen LogP contribution is 2.28. The number of aryl methyl sites for hydroxylation is 1. The number of aromatic nitrogens is 1. The molecule has 1 aromatic heterocycles. The Bertz CT molecular complexity index is 508. The number of anilines is 2. The van der Waals surface area contributed by atoms with Crippen LogP contribution in [0.2, 0.25) is 0 Å². The van der Waals surface area contributed by atoms with Gasteiger partial charge in [-0.05, 0) is 37.6 Å². The van der Waals surface area contributed by atoms with Crippen molar-refractivity contribution in [2.24, 2.45) is 0 Å². The molecule has 1 heterocycles. The van der Waals surface area contributed by atoms with Crippen molar-refractivity contribution in [3.05, 3.63) is 53.9 Å². The Kier molecular flexibility index (Phi) is 4.21. The molecule has 2 rings (SSSR count). The summed E-state index contributed by atoms with van der Waals surface area (Å²) >= 11 is 5.99. The molecule has 0 fully saturated rings. The Balaban J connectivity index is 2.41. The minimum absolute atomic E-state index is 0.500. The number of halogens is 1. The van der Waals surface area contributed by atoms with E-state index in [1.165, 1.54) is 11.3 Å². The second-order valence-electron chi connectivity index (χ2n) is 4.22. The zero-order valence-electron chi connectivity index (χ0n) is 10.7. The van der Waals surface area contributed by atoms with E-state index in [1.807, 2.05) is 12.3 Å². The van der Waals surface area contributed by atoms with E-state index in [1.54, 1.807) is 6.20 Å². The molecule has 0 bridgehead atoms. The topological polar surface area (TPSA) is 16.1 Å². The second-order valence-corrected chi connectivity index (χ2v) is 4.49. The van der Waals surface area contributed by atoms with Crippen LogP contribution in [0.5, 0.6) is 0 Å². The minimum atomic E-state index is 0.500. The van der Waals surface area contributed by atoms with E-state index in [0.29, 0.717) is 5.88 Å². The number of hydrogen-bond donors (Lipinski definition) is 0. The molecule has 0 saturated carbocycles. The van der Waals surface area contributed by atoms with Crippen LogP contribution in [-0.4, -0.2) is 11.5 Å². The first-order valence-electron chi connectivity index (χ1n) is 6.09. The summed E-state index contributed by atoms with van der Waals surface area (Å²) in [6, 6.07) is 10.5. The fraction of sp³-hybridized carbons (Fsp3) is 0.267. The van der Waals surface area contributed by atoms with Crippen molar-refractivity contribution in [1.82, 2.24) is 4.98 Å². The quantitative estimate of drug-likeness (QED) is 0.763. The average Bonchev–Trinajstić information content (AvgIpc) is 2.42. The van der Waals surface area contributed by atoms with Gasteiger partial charge in [0.15, 0.2) is 0 Å². The Morgan fingerprint density at radius 3 is 2.50 bits per heavy atom. The summed E-state index contributed by atoms with van der Waals surface area (Å²) in [7, 11) is 0. The molecule has 0 aliphatic heterocycles. The van der Waals surface area contributed by atoms with Gasteiger partial charge in [0.25, 0.3) is 0 Å². The Hall–Kier alpha value is -1.54. The maximum absolute atomic E-state index is 5.99. The largest absolute Gasteiger partial charge is 0.340 e. The average molecular weight is 261 g/mol. The van der Waals surface area contributed by atoms with E-state index >= 15 is 0 Å². The molecule has 0 atom stereocenters. The first kappa shape index (κ1) is 12.9. The molecule has 0 amide bonds. The molecule has 0 saturated heterocycles. The van der Waals surface area contributed by atoms with Crippen LogP contribution in [0.15, 0.2) is 42.7 Å². The zero-order chi connectivity index (χ0) is 13.0. The summed E-state index contributed by atoms with van der Waals surface area (Å²) in [5.41, 5.74) is 4.62. The predicted octanol–water partition coefficient (Wildman–Crippen LogP) is 4.29. The number of alkyl halides is 1. The van der Waals surface area contributed by atoms with Gasteiger partial charge in [-0.2, -0.15) is 0 Å². The lowest BCUT2D eigenvalue weighted by Gasteiger charge is -2.25. The normalized spacial score (nSPS) is 10.4. The number of benzene rings is 1. The smallest absolute Gasteiger partial charge is 0.0641 e. The fourth-order valence-electron chi connectivity index (χ4n) is 1.99. The SMILES string of the molecule is CCN(c1ccc(C)cc1)c1cnccc1CCl. The van der Waals surface area contributed by atoms with Crippen molar-refractivity contribution in [2.75, 3.05) is 11.4 Å². The van der Waals surface area contributed by atoms with E-state index in [4.69, 9.17) is 11.6 Å². The maximum Gasteiger partial charge on any atom is 0.0641 e. The van der Waals surface area contributed by atoms with E-state index in [-0.39, 0.29) is 0 Å². The second kappa shape index (κ2) is 5.87. The number of rotatable bonds is 4. The van der Waals surface area contributed by atoms with Gasteiger partial charge in [-0.3, -0.25) is 4.98 Å². The standard InChI is InChI=1S/C15H17ClN2/c1-3-18(14-6-4-12(2)5-7-14)15-11-17-9-8-13(15)10-16/h4-9,11H,3,10H2,1-2H3. The Labute approximate surface area is 113 Å². The zero-order valence-corrected chi connectivity index (χ0v) is 11.5. The molecule has 0 aliphatic carbocycles. The number of pyridine rings is 1. The summed E-state index contributed by atoms with van der Waals surface area (Å²) in [5, 5.41) is 0. The third-order valence-electron chi connectivity index (χ3n) is 2.98. The number of nitrogens with zero attached hydrogens (tertiary/aromatic N) is 2. The minimum Gasteiger partial charge on any atom is -0.340 e. The van der Waals surface area contributed by atoms with Gasteiger partial charge in [0.1, 0.15) is 0 Å². The summed E-state index contributed by atoms with van der Waals surface area (Å²) in [6.45, 7) is 5.11. The maximum atomic E-state index is 5.99. The molecule has 0 aliphatic rings. The van der Waals surface area contributed by atoms with Gasteiger partial charge >= 0.3 is 0 Å². The van der Waals surface area contributed by atoms with Crippen LogP contribution in [-0.2, 0) is 5.88 Å². The highest BCUT2D eigenvalue weighted by molar-refractivity contribution is 6.17. The molecule has 0 spiro atoms. The molecule has 0 unspecified atom stereocenters. The van der Waals surface area contributed by atoms with Crippen molar-refractivity contribution in [1.29, 1.82) is 0 Å². The van der Waals surface area contributed by atoms with Crippen molar-refractivity contribution in [3.63, 3.8) is 0 Å². The van der Waals surface area contributed by atoms with Crippen LogP contribution in [0, 0.1) is 6.92 Å². The summed E-state index contributed by atoms with van der Waals surface area (Å²) in [5.74, 6) is 0.500. The van der Waals surface area contributed by atoms with E-state index in [9.17, 15) is 0 Å². The monoisotopic (exact) mass is 260 g/mol. The molecule has 0 radical (unpaired) electrons. The van der Waals surface area contributed by atoms with Crippen molar-refractivity contribution in [2.45, 2.75) is 19.7 Å². The number of hydrogen-bond acceptors (Lipinski definition) is 2. The van der Waals surface area contributed by atoms with E-state index < -0.39 is 0 Å².